The average Bonchev–Trinajstić information content (AvgIpc) is 2.73. The second kappa shape index (κ2) is 2.61. The Morgan fingerprint density at radius 2 is 2.29 bits per heavy atom. The van der Waals surface area contributed by atoms with E-state index in [4.69, 9.17) is 5.73 Å². The highest BCUT2D eigenvalue weighted by atomic mass is 15.0. The van der Waals surface area contributed by atoms with Gasteiger partial charge in [-0.1, -0.05) is 18.2 Å². The molecule has 2 aromatic rings. The first-order valence-corrected chi connectivity index (χ1v) is 5.12. The zero-order valence-corrected chi connectivity index (χ0v) is 8.38. The lowest BCUT2D eigenvalue weighted by atomic mass is 10.1. The Morgan fingerprint density at radius 3 is 3.07 bits per heavy atom. The van der Waals surface area contributed by atoms with Gasteiger partial charge in [-0.05, 0) is 24.5 Å². The number of para-hydroxylation sites is 1. The standard InChI is InChI=1S/C12H14N2/c1-8-10-4-2-3-9-5-6-14(12(9)10)11(8)7-13/h2-4H,5-7,13H2,1H3. The van der Waals surface area contributed by atoms with E-state index in [0.29, 0.717) is 6.54 Å². The van der Waals surface area contributed by atoms with Gasteiger partial charge in [0.05, 0.1) is 5.52 Å². The lowest BCUT2D eigenvalue weighted by Gasteiger charge is -2.03. The summed E-state index contributed by atoms with van der Waals surface area (Å²) in [7, 11) is 0. The van der Waals surface area contributed by atoms with Gasteiger partial charge in [0.15, 0.2) is 0 Å². The molecule has 0 fully saturated rings. The molecule has 0 aliphatic carbocycles. The molecule has 0 saturated carbocycles. The van der Waals surface area contributed by atoms with Crippen LogP contribution in [0.5, 0.6) is 0 Å². The Morgan fingerprint density at radius 1 is 1.43 bits per heavy atom. The summed E-state index contributed by atoms with van der Waals surface area (Å²) >= 11 is 0. The summed E-state index contributed by atoms with van der Waals surface area (Å²) in [6.45, 7) is 3.94. The SMILES string of the molecule is Cc1c(CN)n2c3c(cccc13)CC2. The van der Waals surface area contributed by atoms with E-state index in [2.05, 4.69) is 29.7 Å². The number of aromatic nitrogens is 1. The van der Waals surface area contributed by atoms with E-state index in [1.807, 2.05) is 0 Å². The predicted octanol–water partition coefficient (Wildman–Crippen LogP) is 1.96. The number of nitrogens with two attached hydrogens (primary N) is 1. The van der Waals surface area contributed by atoms with Crippen LogP contribution in [0, 0.1) is 6.92 Å². The number of hydrogen-bond acceptors (Lipinski definition) is 1. The van der Waals surface area contributed by atoms with Crippen molar-refractivity contribution in [3.05, 3.63) is 35.0 Å². The quantitative estimate of drug-likeness (QED) is 0.725. The van der Waals surface area contributed by atoms with Gasteiger partial charge in [0, 0.05) is 24.2 Å². The zero-order chi connectivity index (χ0) is 9.71. The summed E-state index contributed by atoms with van der Waals surface area (Å²) in [5.74, 6) is 0. The van der Waals surface area contributed by atoms with Crippen LogP contribution in [0.2, 0.25) is 0 Å². The normalized spacial score (nSPS) is 14.1. The van der Waals surface area contributed by atoms with Crippen molar-refractivity contribution in [3.8, 4) is 0 Å². The molecule has 2 heterocycles. The van der Waals surface area contributed by atoms with Crippen LogP contribution in [0.4, 0.5) is 0 Å². The van der Waals surface area contributed by atoms with Crippen molar-refractivity contribution >= 4 is 10.9 Å². The van der Waals surface area contributed by atoms with Gasteiger partial charge in [-0.2, -0.15) is 0 Å². The van der Waals surface area contributed by atoms with Crippen molar-refractivity contribution in [1.82, 2.24) is 4.57 Å². The van der Waals surface area contributed by atoms with Crippen LogP contribution in [0.25, 0.3) is 10.9 Å². The van der Waals surface area contributed by atoms with E-state index in [1.54, 1.807) is 0 Å². The van der Waals surface area contributed by atoms with E-state index in [1.165, 1.54) is 34.1 Å². The second-order valence-corrected chi connectivity index (χ2v) is 3.99. The molecule has 2 heteroatoms. The van der Waals surface area contributed by atoms with Crippen molar-refractivity contribution in [2.75, 3.05) is 0 Å². The molecule has 0 unspecified atom stereocenters. The number of rotatable bonds is 1. The predicted molar refractivity (Wildman–Crippen MR) is 58.3 cm³/mol. The van der Waals surface area contributed by atoms with Gasteiger partial charge in [0.1, 0.15) is 0 Å². The van der Waals surface area contributed by atoms with Crippen LogP contribution < -0.4 is 5.73 Å². The minimum Gasteiger partial charge on any atom is -0.343 e. The summed E-state index contributed by atoms with van der Waals surface area (Å²) in [5, 5.41) is 1.39. The van der Waals surface area contributed by atoms with Crippen molar-refractivity contribution in [1.29, 1.82) is 0 Å². The Kier molecular flexibility index (Phi) is 1.50. The molecule has 1 aromatic heterocycles. The third kappa shape index (κ3) is 0.794. The molecule has 1 aromatic carbocycles. The fraction of sp³-hybridized carbons (Fsp3) is 0.333. The Bertz CT molecular complexity index is 509. The van der Waals surface area contributed by atoms with Gasteiger partial charge in [0.25, 0.3) is 0 Å². The molecule has 0 amide bonds. The van der Waals surface area contributed by atoms with E-state index in [0.717, 1.165) is 6.54 Å². The lowest BCUT2D eigenvalue weighted by molar-refractivity contribution is 0.719. The smallest absolute Gasteiger partial charge is 0.0519 e. The van der Waals surface area contributed by atoms with Crippen molar-refractivity contribution in [2.24, 2.45) is 5.73 Å². The highest BCUT2D eigenvalue weighted by Crippen LogP contribution is 2.32. The summed E-state index contributed by atoms with van der Waals surface area (Å²) in [6, 6.07) is 6.58. The summed E-state index contributed by atoms with van der Waals surface area (Å²) in [4.78, 5) is 0. The molecule has 2 N–H and O–H groups in total. The Labute approximate surface area is 83.3 Å². The maximum Gasteiger partial charge on any atom is 0.0519 e. The van der Waals surface area contributed by atoms with Crippen molar-refractivity contribution < 1.29 is 0 Å². The monoisotopic (exact) mass is 186 g/mol. The van der Waals surface area contributed by atoms with Crippen molar-refractivity contribution in [2.45, 2.75) is 26.4 Å². The fourth-order valence-corrected chi connectivity index (χ4v) is 2.65. The molecule has 0 radical (unpaired) electrons. The van der Waals surface area contributed by atoms with Crippen LogP contribution in [-0.4, -0.2) is 4.57 Å². The second-order valence-electron chi connectivity index (χ2n) is 3.99. The molecule has 0 spiro atoms. The van der Waals surface area contributed by atoms with Crippen molar-refractivity contribution in [3.63, 3.8) is 0 Å². The minimum absolute atomic E-state index is 0.653. The Hall–Kier alpha value is -1.28. The summed E-state index contributed by atoms with van der Waals surface area (Å²) in [5.41, 5.74) is 11.4. The molecule has 1 aliphatic rings. The molecule has 0 saturated heterocycles. The van der Waals surface area contributed by atoms with Gasteiger partial charge in [-0.3, -0.25) is 0 Å². The van der Waals surface area contributed by atoms with Gasteiger partial charge in [-0.15, -0.1) is 0 Å². The molecule has 0 atom stereocenters. The van der Waals surface area contributed by atoms with Crippen LogP contribution in [0.15, 0.2) is 18.2 Å². The lowest BCUT2D eigenvalue weighted by Crippen LogP contribution is -2.06. The van der Waals surface area contributed by atoms with E-state index < -0.39 is 0 Å². The maximum absolute atomic E-state index is 5.79. The van der Waals surface area contributed by atoms with Gasteiger partial charge < -0.3 is 10.3 Å². The molecular formula is C12H14N2. The first-order chi connectivity index (χ1) is 6.83. The largest absolute Gasteiger partial charge is 0.343 e. The molecule has 3 rings (SSSR count). The number of aryl methyl sites for hydroxylation is 3. The van der Waals surface area contributed by atoms with Gasteiger partial charge in [-0.25, -0.2) is 0 Å². The highest BCUT2D eigenvalue weighted by molar-refractivity contribution is 5.89. The number of nitrogens with zero attached hydrogens (tertiary/aromatic N) is 1. The van der Waals surface area contributed by atoms with E-state index >= 15 is 0 Å². The van der Waals surface area contributed by atoms with E-state index in [9.17, 15) is 0 Å². The average molecular weight is 186 g/mol. The minimum atomic E-state index is 0.653. The van der Waals surface area contributed by atoms with Crippen LogP contribution in [0.1, 0.15) is 16.8 Å². The van der Waals surface area contributed by atoms with Gasteiger partial charge >= 0.3 is 0 Å². The van der Waals surface area contributed by atoms with Gasteiger partial charge in [0.2, 0.25) is 0 Å². The van der Waals surface area contributed by atoms with Crippen LogP contribution >= 0.6 is 0 Å². The highest BCUT2D eigenvalue weighted by Gasteiger charge is 2.19. The summed E-state index contributed by atoms with van der Waals surface area (Å²) in [6.07, 6.45) is 1.17. The van der Waals surface area contributed by atoms with E-state index in [-0.39, 0.29) is 0 Å². The molecular weight excluding hydrogens is 172 g/mol. The Balaban J connectivity index is 2.51. The topological polar surface area (TPSA) is 30.9 Å². The van der Waals surface area contributed by atoms with Crippen LogP contribution in [0.3, 0.4) is 0 Å². The third-order valence-corrected chi connectivity index (χ3v) is 3.35. The molecule has 0 bridgehead atoms. The number of benzene rings is 1. The maximum atomic E-state index is 5.79. The molecule has 72 valence electrons. The molecule has 1 aliphatic heterocycles. The van der Waals surface area contributed by atoms with Crippen LogP contribution in [-0.2, 0) is 19.5 Å². The summed E-state index contributed by atoms with van der Waals surface area (Å²) < 4.78 is 2.39. The molecule has 14 heavy (non-hydrogen) atoms. The third-order valence-electron chi connectivity index (χ3n) is 3.35. The number of hydrogen-bond donors (Lipinski definition) is 1. The zero-order valence-electron chi connectivity index (χ0n) is 8.38. The first kappa shape index (κ1) is 8.06. The fourth-order valence-electron chi connectivity index (χ4n) is 2.65. The first-order valence-electron chi connectivity index (χ1n) is 5.12. The molecule has 2 nitrogen and oxygen atoms in total.